The molecule has 1 aliphatic rings. The van der Waals surface area contributed by atoms with E-state index >= 15 is 0 Å². The minimum absolute atomic E-state index is 0.396. The predicted octanol–water partition coefficient (Wildman–Crippen LogP) is 1.65. The Kier molecular flexibility index (Phi) is 2.18. The largest absolute Gasteiger partial charge is 0.393 e. The second kappa shape index (κ2) is 3.23. The molecule has 1 heterocycles. The van der Waals surface area contributed by atoms with Crippen LogP contribution < -0.4 is 0 Å². The number of hydrogen-bond donors (Lipinski definition) is 1. The number of aromatic nitrogens is 1. The van der Waals surface area contributed by atoms with Crippen molar-refractivity contribution in [3.63, 3.8) is 0 Å². The maximum atomic E-state index is 9.24. The van der Waals surface area contributed by atoms with Gasteiger partial charge in [0, 0.05) is 6.20 Å². The molecule has 2 rings (SSSR count). The van der Waals surface area contributed by atoms with Gasteiger partial charge in [0.15, 0.2) is 0 Å². The molecular weight excluding hydrogens is 200 g/mol. The van der Waals surface area contributed by atoms with Crippen LogP contribution in [0.25, 0.3) is 0 Å². The van der Waals surface area contributed by atoms with Gasteiger partial charge in [-0.2, -0.15) is 5.26 Å². The number of halogens is 1. The molecule has 72 valence electrons. The van der Waals surface area contributed by atoms with Crippen molar-refractivity contribution < 1.29 is 5.11 Å². The summed E-state index contributed by atoms with van der Waals surface area (Å²) in [6.07, 6.45) is 2.08. The fourth-order valence-corrected chi connectivity index (χ4v) is 2.12. The summed E-state index contributed by atoms with van der Waals surface area (Å²) in [7, 11) is 0. The summed E-state index contributed by atoms with van der Waals surface area (Å²) >= 11 is 5.95. The summed E-state index contributed by atoms with van der Waals surface area (Å²) < 4.78 is 0. The zero-order valence-corrected chi connectivity index (χ0v) is 8.20. The zero-order chi connectivity index (χ0) is 10.2. The average molecular weight is 209 g/mol. The number of nitrogens with zero attached hydrogens (tertiary/aromatic N) is 2. The smallest absolute Gasteiger partial charge is 0.106 e. The third-order valence-corrected chi connectivity index (χ3v) is 2.90. The number of aliphatic hydroxyl groups excluding tert-OH is 1. The third-order valence-electron chi connectivity index (χ3n) is 2.59. The number of pyridine rings is 1. The molecule has 14 heavy (non-hydrogen) atoms. The van der Waals surface area contributed by atoms with Crippen molar-refractivity contribution in [2.45, 2.75) is 24.4 Å². The Labute approximate surface area is 87.0 Å². The maximum absolute atomic E-state index is 9.24. The van der Waals surface area contributed by atoms with Crippen LogP contribution in [0.1, 0.15) is 18.5 Å². The van der Waals surface area contributed by atoms with Crippen LogP contribution in [-0.4, -0.2) is 16.2 Å². The molecule has 1 saturated carbocycles. The van der Waals surface area contributed by atoms with E-state index in [4.69, 9.17) is 16.9 Å². The molecule has 1 aliphatic carbocycles. The molecule has 1 N–H and O–H groups in total. The van der Waals surface area contributed by atoms with Crippen molar-refractivity contribution >= 4 is 11.6 Å². The fraction of sp³-hybridized carbons (Fsp3) is 0.400. The highest BCUT2D eigenvalue weighted by Crippen LogP contribution is 2.44. The molecular formula is C10H9ClN2O. The number of aliphatic hydroxyl groups is 1. The van der Waals surface area contributed by atoms with Crippen molar-refractivity contribution in [2.24, 2.45) is 0 Å². The third kappa shape index (κ3) is 1.28. The first kappa shape index (κ1) is 9.45. The predicted molar refractivity (Wildman–Crippen MR) is 51.8 cm³/mol. The second-order valence-electron chi connectivity index (χ2n) is 3.59. The van der Waals surface area contributed by atoms with Crippen molar-refractivity contribution in [3.8, 4) is 6.07 Å². The van der Waals surface area contributed by atoms with E-state index < -0.39 is 11.5 Å². The second-order valence-corrected chi connectivity index (χ2v) is 4.00. The lowest BCUT2D eigenvalue weighted by Gasteiger charge is -2.39. The molecule has 0 spiro atoms. The minimum atomic E-state index is -0.669. The maximum Gasteiger partial charge on any atom is 0.106 e. The molecule has 1 aromatic rings. The summed E-state index contributed by atoms with van der Waals surface area (Å²) in [6, 6.07) is 5.64. The molecule has 3 nitrogen and oxygen atoms in total. The van der Waals surface area contributed by atoms with E-state index in [-0.39, 0.29) is 0 Å². The summed E-state index contributed by atoms with van der Waals surface area (Å²) in [5, 5.41) is 18.8. The van der Waals surface area contributed by atoms with Crippen LogP contribution in [-0.2, 0) is 5.41 Å². The van der Waals surface area contributed by atoms with E-state index in [0.29, 0.717) is 23.6 Å². The summed E-state index contributed by atoms with van der Waals surface area (Å²) in [6.45, 7) is 0. The number of hydrogen-bond acceptors (Lipinski definition) is 3. The van der Waals surface area contributed by atoms with E-state index in [9.17, 15) is 5.11 Å². The number of rotatable bonds is 1. The molecule has 4 heteroatoms. The number of nitriles is 1. The first-order valence-electron chi connectivity index (χ1n) is 4.38. The molecule has 1 aromatic heterocycles. The molecule has 0 amide bonds. The molecule has 0 bridgehead atoms. The van der Waals surface area contributed by atoms with Gasteiger partial charge in [-0.3, -0.25) is 4.98 Å². The van der Waals surface area contributed by atoms with Crippen molar-refractivity contribution in [2.75, 3.05) is 0 Å². The van der Waals surface area contributed by atoms with Crippen LogP contribution in [0.15, 0.2) is 18.3 Å². The van der Waals surface area contributed by atoms with Gasteiger partial charge in [-0.15, -0.1) is 0 Å². The zero-order valence-electron chi connectivity index (χ0n) is 7.44. The van der Waals surface area contributed by atoms with Crippen LogP contribution in [0, 0.1) is 11.3 Å². The Hall–Kier alpha value is -1.11. The van der Waals surface area contributed by atoms with Crippen LogP contribution in [0.5, 0.6) is 0 Å². The Morgan fingerprint density at radius 2 is 2.36 bits per heavy atom. The van der Waals surface area contributed by atoms with Gasteiger partial charge in [0.25, 0.3) is 0 Å². The normalized spacial score (nSPS) is 30.5. The first-order valence-corrected chi connectivity index (χ1v) is 4.76. The lowest BCUT2D eigenvalue weighted by molar-refractivity contribution is 0.0429. The van der Waals surface area contributed by atoms with Gasteiger partial charge >= 0.3 is 0 Å². The van der Waals surface area contributed by atoms with Gasteiger partial charge in [0.1, 0.15) is 5.41 Å². The van der Waals surface area contributed by atoms with E-state index in [1.54, 1.807) is 18.3 Å². The van der Waals surface area contributed by atoms with Crippen LogP contribution in [0.4, 0.5) is 0 Å². The van der Waals surface area contributed by atoms with Crippen LogP contribution in [0.3, 0.4) is 0 Å². The Morgan fingerprint density at radius 3 is 2.86 bits per heavy atom. The highest BCUT2D eigenvalue weighted by molar-refractivity contribution is 6.31. The van der Waals surface area contributed by atoms with Gasteiger partial charge in [-0.05, 0) is 25.0 Å². The van der Waals surface area contributed by atoms with E-state index in [2.05, 4.69) is 11.1 Å². The summed E-state index contributed by atoms with van der Waals surface area (Å²) in [5.74, 6) is 0. The summed E-state index contributed by atoms with van der Waals surface area (Å²) in [5.41, 5.74) is -0.0768. The van der Waals surface area contributed by atoms with E-state index in [1.807, 2.05) is 0 Å². The lowest BCUT2D eigenvalue weighted by atomic mass is 9.65. The highest BCUT2D eigenvalue weighted by Gasteiger charge is 2.47. The highest BCUT2D eigenvalue weighted by atomic mass is 35.5. The molecule has 0 unspecified atom stereocenters. The van der Waals surface area contributed by atoms with Crippen molar-refractivity contribution in [1.29, 1.82) is 5.26 Å². The van der Waals surface area contributed by atoms with Gasteiger partial charge < -0.3 is 5.11 Å². The standard InChI is InChI=1S/C10H9ClN2O/c11-8-2-1-3-13-9(8)10(6-12)4-7(14)5-10/h1-3,7,14H,4-5H2. The van der Waals surface area contributed by atoms with Gasteiger partial charge in [-0.25, -0.2) is 0 Å². The Morgan fingerprint density at radius 1 is 1.64 bits per heavy atom. The molecule has 0 saturated heterocycles. The van der Waals surface area contributed by atoms with E-state index in [1.165, 1.54) is 0 Å². The molecule has 1 fully saturated rings. The first-order chi connectivity index (χ1) is 6.68. The van der Waals surface area contributed by atoms with Crippen LogP contribution in [0.2, 0.25) is 5.02 Å². The van der Waals surface area contributed by atoms with Crippen molar-refractivity contribution in [1.82, 2.24) is 4.98 Å². The van der Waals surface area contributed by atoms with Crippen LogP contribution >= 0.6 is 11.6 Å². The Balaban J connectivity index is 2.40. The molecule has 0 aromatic carbocycles. The van der Waals surface area contributed by atoms with Gasteiger partial charge in [0.2, 0.25) is 0 Å². The van der Waals surface area contributed by atoms with E-state index in [0.717, 1.165) is 0 Å². The average Bonchev–Trinajstić information content (AvgIpc) is 2.14. The lowest BCUT2D eigenvalue weighted by Crippen LogP contribution is -2.44. The fourth-order valence-electron chi connectivity index (χ4n) is 1.82. The molecule has 0 atom stereocenters. The minimum Gasteiger partial charge on any atom is -0.393 e. The quantitative estimate of drug-likeness (QED) is 0.764. The monoisotopic (exact) mass is 208 g/mol. The molecule has 0 aliphatic heterocycles. The SMILES string of the molecule is N#CC1(c2ncccc2Cl)CC(O)C1. The topological polar surface area (TPSA) is 56.9 Å². The van der Waals surface area contributed by atoms with Crippen molar-refractivity contribution in [3.05, 3.63) is 29.0 Å². The summed E-state index contributed by atoms with van der Waals surface area (Å²) in [4.78, 5) is 4.11. The molecule has 0 radical (unpaired) electrons. The van der Waals surface area contributed by atoms with Gasteiger partial charge in [-0.1, -0.05) is 11.6 Å². The van der Waals surface area contributed by atoms with Gasteiger partial charge in [0.05, 0.1) is 22.9 Å². The Bertz CT molecular complexity index is 393.